The number of hydrogen-bond donors (Lipinski definition) is 1. The predicted molar refractivity (Wildman–Crippen MR) is 88.9 cm³/mol. The lowest BCUT2D eigenvalue weighted by atomic mass is 10.1. The molecule has 1 amide bonds. The van der Waals surface area contributed by atoms with Crippen molar-refractivity contribution < 1.29 is 18.3 Å². The Morgan fingerprint density at radius 1 is 1.39 bits per heavy atom. The summed E-state index contributed by atoms with van der Waals surface area (Å²) in [7, 11) is 0.182. The Kier molecular flexibility index (Phi) is 5.54. The summed E-state index contributed by atoms with van der Waals surface area (Å²) in [5.41, 5.74) is 2.53. The third-order valence-corrected chi connectivity index (χ3v) is 4.97. The second kappa shape index (κ2) is 7.41. The number of aryl methyl sites for hydroxylation is 2. The number of carbonyl (C=O) groups is 1. The van der Waals surface area contributed by atoms with Crippen molar-refractivity contribution in [3.63, 3.8) is 0 Å². The number of ether oxygens (including phenoxy) is 1. The van der Waals surface area contributed by atoms with Crippen molar-refractivity contribution in [2.45, 2.75) is 31.8 Å². The van der Waals surface area contributed by atoms with Crippen LogP contribution in [0.25, 0.3) is 0 Å². The van der Waals surface area contributed by atoms with Crippen LogP contribution in [0.3, 0.4) is 0 Å². The Morgan fingerprint density at radius 2 is 2.13 bits per heavy atom. The van der Waals surface area contributed by atoms with Crippen molar-refractivity contribution >= 4 is 22.6 Å². The zero-order valence-electron chi connectivity index (χ0n) is 13.6. The molecule has 2 atom stereocenters. The lowest BCUT2D eigenvalue weighted by Gasteiger charge is -2.13. The Hall–Kier alpha value is -2.15. The number of methoxy groups -OCH3 is 1. The first-order chi connectivity index (χ1) is 10.9. The maximum absolute atomic E-state index is 12.5. The molecule has 6 nitrogen and oxygen atoms in total. The summed E-state index contributed by atoms with van der Waals surface area (Å²) in [6.07, 6.45) is 0. The number of nitrogens with one attached hydrogen (secondary N) is 1. The minimum Gasteiger partial charge on any atom is -0.496 e. The molecule has 124 valence electrons. The highest BCUT2D eigenvalue weighted by Crippen LogP contribution is 2.22. The van der Waals surface area contributed by atoms with Crippen LogP contribution in [0, 0.1) is 13.8 Å². The SMILES string of the molecule is COc1ccc(C)cc1C[S@@](=O)[C@H](C)C(=O)Nc1cc(C)no1. The Morgan fingerprint density at radius 3 is 2.74 bits per heavy atom. The number of nitrogens with zero attached hydrogens (tertiary/aromatic N) is 1. The number of amides is 1. The molecule has 0 aliphatic carbocycles. The molecule has 0 radical (unpaired) electrons. The van der Waals surface area contributed by atoms with Gasteiger partial charge >= 0.3 is 0 Å². The lowest BCUT2D eigenvalue weighted by Crippen LogP contribution is -2.29. The van der Waals surface area contributed by atoms with Gasteiger partial charge in [0.1, 0.15) is 11.0 Å². The summed E-state index contributed by atoms with van der Waals surface area (Å²) in [5, 5.41) is 5.58. The number of hydrogen-bond acceptors (Lipinski definition) is 5. The average molecular weight is 336 g/mol. The largest absolute Gasteiger partial charge is 0.496 e. The van der Waals surface area contributed by atoms with Crippen LogP contribution < -0.4 is 10.1 Å². The van der Waals surface area contributed by atoms with E-state index in [9.17, 15) is 9.00 Å². The van der Waals surface area contributed by atoms with Gasteiger partial charge in [0.15, 0.2) is 0 Å². The van der Waals surface area contributed by atoms with Crippen LogP contribution in [0.2, 0.25) is 0 Å². The minimum absolute atomic E-state index is 0.245. The van der Waals surface area contributed by atoms with Crippen molar-refractivity contribution in [2.24, 2.45) is 0 Å². The van der Waals surface area contributed by atoms with Crippen molar-refractivity contribution in [2.75, 3.05) is 12.4 Å². The normalized spacial score (nSPS) is 13.4. The quantitative estimate of drug-likeness (QED) is 0.877. The van der Waals surface area contributed by atoms with E-state index >= 15 is 0 Å². The third kappa shape index (κ3) is 4.41. The van der Waals surface area contributed by atoms with Gasteiger partial charge in [-0.2, -0.15) is 0 Å². The monoisotopic (exact) mass is 336 g/mol. The van der Waals surface area contributed by atoms with Crippen LogP contribution >= 0.6 is 0 Å². The maximum atomic E-state index is 12.5. The molecule has 0 saturated heterocycles. The highest BCUT2D eigenvalue weighted by molar-refractivity contribution is 7.85. The van der Waals surface area contributed by atoms with Crippen LogP contribution in [0.5, 0.6) is 5.75 Å². The van der Waals surface area contributed by atoms with Crippen LogP contribution in [0.1, 0.15) is 23.7 Å². The second-order valence-electron chi connectivity index (χ2n) is 5.30. The Labute approximate surface area is 137 Å². The number of anilines is 1. The lowest BCUT2D eigenvalue weighted by molar-refractivity contribution is -0.115. The van der Waals surface area contributed by atoms with E-state index < -0.39 is 16.0 Å². The zero-order valence-corrected chi connectivity index (χ0v) is 14.4. The zero-order chi connectivity index (χ0) is 17.0. The Bertz CT molecular complexity index is 727. The third-order valence-electron chi connectivity index (χ3n) is 3.37. The van der Waals surface area contributed by atoms with Gasteiger partial charge in [0, 0.05) is 22.4 Å². The van der Waals surface area contributed by atoms with Gasteiger partial charge in [-0.1, -0.05) is 22.9 Å². The molecular weight excluding hydrogens is 316 g/mol. The highest BCUT2D eigenvalue weighted by atomic mass is 32.2. The van der Waals surface area contributed by atoms with Gasteiger partial charge in [-0.3, -0.25) is 14.3 Å². The molecule has 1 N–H and O–H groups in total. The summed E-state index contributed by atoms with van der Waals surface area (Å²) < 4.78 is 22.7. The molecule has 0 fully saturated rings. The van der Waals surface area contributed by atoms with E-state index in [-0.39, 0.29) is 17.5 Å². The standard InChI is InChI=1S/C16H20N2O4S/c1-10-5-6-14(21-4)13(7-10)9-23(20)12(3)16(19)17-15-8-11(2)18-22-15/h5-8,12H,9H2,1-4H3,(H,17,19)/t12-,23-/m1/s1. The van der Waals surface area contributed by atoms with Gasteiger partial charge in [0.05, 0.1) is 18.6 Å². The van der Waals surface area contributed by atoms with Gasteiger partial charge in [-0.25, -0.2) is 0 Å². The van der Waals surface area contributed by atoms with Gasteiger partial charge < -0.3 is 9.26 Å². The van der Waals surface area contributed by atoms with Crippen molar-refractivity contribution in [3.8, 4) is 5.75 Å². The molecule has 2 rings (SSSR count). The first kappa shape index (κ1) is 17.2. The molecule has 1 heterocycles. The fraction of sp³-hybridized carbons (Fsp3) is 0.375. The first-order valence-electron chi connectivity index (χ1n) is 7.15. The minimum atomic E-state index is -1.39. The number of aromatic nitrogens is 1. The average Bonchev–Trinajstić information content (AvgIpc) is 2.91. The van der Waals surface area contributed by atoms with Gasteiger partial charge in [0.25, 0.3) is 0 Å². The fourth-order valence-corrected chi connectivity index (χ4v) is 3.14. The molecule has 0 spiro atoms. The molecular formula is C16H20N2O4S. The van der Waals surface area contributed by atoms with E-state index in [2.05, 4.69) is 10.5 Å². The van der Waals surface area contributed by atoms with E-state index in [4.69, 9.17) is 9.26 Å². The molecule has 0 aliphatic rings. The molecule has 0 saturated carbocycles. The van der Waals surface area contributed by atoms with Crippen LogP contribution in [-0.4, -0.2) is 27.6 Å². The summed E-state index contributed by atoms with van der Waals surface area (Å²) in [5.74, 6) is 0.799. The highest BCUT2D eigenvalue weighted by Gasteiger charge is 2.22. The topological polar surface area (TPSA) is 81.4 Å². The number of rotatable bonds is 6. The van der Waals surface area contributed by atoms with Crippen LogP contribution in [0.15, 0.2) is 28.8 Å². The summed E-state index contributed by atoms with van der Waals surface area (Å²) in [4.78, 5) is 12.2. The molecule has 23 heavy (non-hydrogen) atoms. The van der Waals surface area contributed by atoms with E-state index in [1.165, 1.54) is 0 Å². The van der Waals surface area contributed by atoms with Gasteiger partial charge in [0.2, 0.25) is 11.8 Å². The van der Waals surface area contributed by atoms with Crippen LogP contribution in [0.4, 0.5) is 5.88 Å². The first-order valence-corrected chi connectivity index (χ1v) is 8.53. The van der Waals surface area contributed by atoms with E-state index in [0.717, 1.165) is 11.1 Å². The van der Waals surface area contributed by atoms with Crippen molar-refractivity contribution in [3.05, 3.63) is 41.1 Å². The van der Waals surface area contributed by atoms with Gasteiger partial charge in [-0.05, 0) is 26.8 Å². The smallest absolute Gasteiger partial charge is 0.242 e. The fourth-order valence-electron chi connectivity index (χ4n) is 2.06. The maximum Gasteiger partial charge on any atom is 0.242 e. The predicted octanol–water partition coefficient (Wildman–Crippen LogP) is 2.58. The molecule has 7 heteroatoms. The molecule has 2 aromatic rings. The van der Waals surface area contributed by atoms with Crippen molar-refractivity contribution in [1.29, 1.82) is 0 Å². The van der Waals surface area contributed by atoms with E-state index in [1.54, 1.807) is 27.0 Å². The van der Waals surface area contributed by atoms with E-state index in [1.807, 2.05) is 25.1 Å². The second-order valence-corrected chi connectivity index (χ2v) is 7.06. The van der Waals surface area contributed by atoms with E-state index in [0.29, 0.717) is 11.4 Å². The molecule has 0 bridgehead atoms. The Balaban J connectivity index is 2.05. The molecule has 0 unspecified atom stereocenters. The number of benzene rings is 1. The van der Waals surface area contributed by atoms with Crippen LogP contribution in [-0.2, 0) is 21.3 Å². The summed E-state index contributed by atoms with van der Waals surface area (Å²) in [6, 6.07) is 7.29. The number of carbonyl (C=O) groups excluding carboxylic acids is 1. The molecule has 1 aromatic carbocycles. The summed E-state index contributed by atoms with van der Waals surface area (Å²) >= 11 is 0. The van der Waals surface area contributed by atoms with Gasteiger partial charge in [-0.15, -0.1) is 0 Å². The summed E-state index contributed by atoms with van der Waals surface area (Å²) in [6.45, 7) is 5.33. The molecule has 0 aliphatic heterocycles. The van der Waals surface area contributed by atoms with Crippen molar-refractivity contribution in [1.82, 2.24) is 5.16 Å². The molecule has 1 aromatic heterocycles.